The summed E-state index contributed by atoms with van der Waals surface area (Å²) in [5.74, 6) is 1.78. The Morgan fingerprint density at radius 1 is 1.24 bits per heavy atom. The van der Waals surface area contributed by atoms with Crippen molar-refractivity contribution in [2.75, 3.05) is 13.1 Å². The van der Waals surface area contributed by atoms with Crippen molar-refractivity contribution in [3.63, 3.8) is 0 Å². The summed E-state index contributed by atoms with van der Waals surface area (Å²) in [6.45, 7) is 1.54. The van der Waals surface area contributed by atoms with Gasteiger partial charge in [-0.3, -0.25) is 4.79 Å². The largest absolute Gasteiger partial charge is 0.339 e. The van der Waals surface area contributed by atoms with Gasteiger partial charge in [0.2, 0.25) is 5.91 Å². The minimum atomic E-state index is 0.257. The van der Waals surface area contributed by atoms with Crippen LogP contribution in [0.3, 0.4) is 0 Å². The number of benzene rings is 1. The van der Waals surface area contributed by atoms with E-state index in [4.69, 9.17) is 5.73 Å². The Kier molecular flexibility index (Phi) is 3.26. The van der Waals surface area contributed by atoms with Gasteiger partial charge in [-0.05, 0) is 61.6 Å². The fourth-order valence-corrected chi connectivity index (χ4v) is 4.22. The molecule has 21 heavy (non-hydrogen) atoms. The molecule has 3 unspecified atom stereocenters. The number of carbonyl (C=O) groups excluding carboxylic acids is 1. The van der Waals surface area contributed by atoms with Crippen molar-refractivity contribution >= 4 is 5.91 Å². The van der Waals surface area contributed by atoms with Gasteiger partial charge in [0.25, 0.3) is 0 Å². The third-order valence-electron chi connectivity index (χ3n) is 5.49. The summed E-state index contributed by atoms with van der Waals surface area (Å²) in [4.78, 5) is 15.1. The van der Waals surface area contributed by atoms with Gasteiger partial charge in [0.15, 0.2) is 0 Å². The zero-order valence-electron chi connectivity index (χ0n) is 12.5. The van der Waals surface area contributed by atoms with Crippen molar-refractivity contribution in [2.45, 2.75) is 44.1 Å². The number of nitrogens with two attached hydrogens (primary N) is 1. The van der Waals surface area contributed by atoms with Crippen LogP contribution in [0.2, 0.25) is 0 Å². The molecule has 3 aliphatic rings. The molecule has 2 fully saturated rings. The first-order valence-electron chi connectivity index (χ1n) is 8.39. The number of nitrogens with zero attached hydrogens (tertiary/aromatic N) is 1. The van der Waals surface area contributed by atoms with E-state index in [1.165, 1.54) is 30.4 Å². The molecule has 0 bridgehead atoms. The molecule has 3 atom stereocenters. The predicted molar refractivity (Wildman–Crippen MR) is 82.9 cm³/mol. The highest BCUT2D eigenvalue weighted by atomic mass is 16.2. The maximum Gasteiger partial charge on any atom is 0.226 e. The topological polar surface area (TPSA) is 46.3 Å². The van der Waals surface area contributed by atoms with Gasteiger partial charge < -0.3 is 10.6 Å². The van der Waals surface area contributed by atoms with Gasteiger partial charge in [0, 0.05) is 18.5 Å². The highest BCUT2D eigenvalue weighted by Gasteiger charge is 2.58. The van der Waals surface area contributed by atoms with Crippen molar-refractivity contribution < 1.29 is 4.79 Å². The first-order chi connectivity index (χ1) is 10.3. The molecule has 0 spiro atoms. The number of hydrogen-bond acceptors (Lipinski definition) is 2. The smallest absolute Gasteiger partial charge is 0.226 e. The monoisotopic (exact) mass is 284 g/mol. The molecule has 0 aromatic heterocycles. The molecule has 112 valence electrons. The molecule has 3 heteroatoms. The summed E-state index contributed by atoms with van der Waals surface area (Å²) in [7, 11) is 0. The Balaban J connectivity index is 1.52. The third-order valence-corrected chi connectivity index (χ3v) is 5.49. The first-order valence-corrected chi connectivity index (χ1v) is 8.39. The normalized spacial score (nSPS) is 29.5. The lowest BCUT2D eigenvalue weighted by atomic mass is 9.92. The van der Waals surface area contributed by atoms with E-state index in [0.29, 0.717) is 30.3 Å². The average Bonchev–Trinajstić information content (AvgIpc) is 3.40. The number of carbonyl (C=O) groups is 1. The maximum absolute atomic E-state index is 13.0. The molecule has 3 nitrogen and oxygen atoms in total. The van der Waals surface area contributed by atoms with Gasteiger partial charge >= 0.3 is 0 Å². The molecule has 1 aromatic rings. The van der Waals surface area contributed by atoms with Crippen LogP contribution in [-0.4, -0.2) is 29.9 Å². The zero-order chi connectivity index (χ0) is 14.4. The van der Waals surface area contributed by atoms with Crippen molar-refractivity contribution in [1.82, 2.24) is 4.90 Å². The van der Waals surface area contributed by atoms with Crippen LogP contribution in [0.5, 0.6) is 0 Å². The lowest BCUT2D eigenvalue weighted by molar-refractivity contribution is -0.133. The van der Waals surface area contributed by atoms with Crippen molar-refractivity contribution in [2.24, 2.45) is 17.6 Å². The van der Waals surface area contributed by atoms with E-state index in [-0.39, 0.29) is 5.92 Å². The fraction of sp³-hybridized carbons (Fsp3) is 0.611. The van der Waals surface area contributed by atoms with Crippen LogP contribution >= 0.6 is 0 Å². The van der Waals surface area contributed by atoms with E-state index < -0.39 is 0 Å². The number of fused-ring (bicyclic) bond motifs is 3. The summed E-state index contributed by atoms with van der Waals surface area (Å²) < 4.78 is 0. The quantitative estimate of drug-likeness (QED) is 0.902. The van der Waals surface area contributed by atoms with Gasteiger partial charge in [-0.1, -0.05) is 24.3 Å². The molecule has 0 heterocycles. The molecule has 2 N–H and O–H groups in total. The van der Waals surface area contributed by atoms with E-state index in [9.17, 15) is 4.79 Å². The maximum atomic E-state index is 13.0. The third kappa shape index (κ3) is 2.28. The van der Waals surface area contributed by atoms with Crippen molar-refractivity contribution in [3.05, 3.63) is 35.4 Å². The van der Waals surface area contributed by atoms with E-state index >= 15 is 0 Å². The summed E-state index contributed by atoms with van der Waals surface area (Å²) in [6, 6.07) is 9.23. The summed E-state index contributed by atoms with van der Waals surface area (Å²) in [5.41, 5.74) is 8.54. The molecular weight excluding hydrogens is 260 g/mol. The highest BCUT2D eigenvalue weighted by molar-refractivity contribution is 5.84. The number of amides is 1. The molecule has 0 aliphatic heterocycles. The molecular formula is C18H24N2O. The van der Waals surface area contributed by atoms with Crippen LogP contribution in [0.25, 0.3) is 0 Å². The van der Waals surface area contributed by atoms with Crippen LogP contribution in [0.1, 0.15) is 42.7 Å². The minimum absolute atomic E-state index is 0.257. The molecule has 2 saturated carbocycles. The Morgan fingerprint density at radius 3 is 2.81 bits per heavy atom. The SMILES string of the molecule is NCCCN(C(=O)C1C2CCc3ccccc3C21)C1CC1. The van der Waals surface area contributed by atoms with Gasteiger partial charge in [0.1, 0.15) is 0 Å². The zero-order valence-corrected chi connectivity index (χ0v) is 12.5. The van der Waals surface area contributed by atoms with Crippen LogP contribution < -0.4 is 5.73 Å². The highest BCUT2D eigenvalue weighted by Crippen LogP contribution is 2.60. The van der Waals surface area contributed by atoms with Gasteiger partial charge in [-0.25, -0.2) is 0 Å². The average molecular weight is 284 g/mol. The lowest BCUT2D eigenvalue weighted by Gasteiger charge is -2.22. The number of aryl methyl sites for hydroxylation is 1. The molecule has 0 radical (unpaired) electrons. The second-order valence-electron chi connectivity index (χ2n) is 6.86. The van der Waals surface area contributed by atoms with Gasteiger partial charge in [-0.2, -0.15) is 0 Å². The molecule has 0 saturated heterocycles. The molecule has 1 amide bonds. The fourth-order valence-electron chi connectivity index (χ4n) is 4.22. The molecule has 1 aromatic carbocycles. The first kappa shape index (κ1) is 13.3. The Bertz CT molecular complexity index is 552. The van der Waals surface area contributed by atoms with E-state index in [0.717, 1.165) is 19.4 Å². The van der Waals surface area contributed by atoms with Crippen LogP contribution in [0, 0.1) is 11.8 Å². The Labute approximate surface area is 126 Å². The summed E-state index contributed by atoms with van der Waals surface area (Å²) in [6.07, 6.45) is 5.64. The van der Waals surface area contributed by atoms with E-state index in [1.807, 2.05) is 0 Å². The summed E-state index contributed by atoms with van der Waals surface area (Å²) >= 11 is 0. The second-order valence-corrected chi connectivity index (χ2v) is 6.86. The second kappa shape index (κ2) is 5.13. The minimum Gasteiger partial charge on any atom is -0.339 e. The number of rotatable bonds is 5. The molecule has 4 rings (SSSR count). The van der Waals surface area contributed by atoms with Crippen molar-refractivity contribution in [1.29, 1.82) is 0 Å². The van der Waals surface area contributed by atoms with Crippen LogP contribution in [0.4, 0.5) is 0 Å². The van der Waals surface area contributed by atoms with E-state index in [2.05, 4.69) is 29.2 Å². The van der Waals surface area contributed by atoms with Crippen LogP contribution in [0.15, 0.2) is 24.3 Å². The Morgan fingerprint density at radius 2 is 2.05 bits per heavy atom. The number of hydrogen-bond donors (Lipinski definition) is 1. The van der Waals surface area contributed by atoms with Gasteiger partial charge in [-0.15, -0.1) is 0 Å². The van der Waals surface area contributed by atoms with Gasteiger partial charge in [0.05, 0.1) is 0 Å². The standard InChI is InChI=1S/C18H24N2O/c19-10-3-11-20(13-7-8-13)18(21)17-15-9-6-12-4-1-2-5-14(12)16(15)17/h1-2,4-5,13,15-17H,3,6-11,19H2. The van der Waals surface area contributed by atoms with Crippen LogP contribution in [-0.2, 0) is 11.2 Å². The van der Waals surface area contributed by atoms with E-state index in [1.54, 1.807) is 0 Å². The summed E-state index contributed by atoms with van der Waals surface area (Å²) in [5, 5.41) is 0. The Hall–Kier alpha value is -1.35. The lowest BCUT2D eigenvalue weighted by Crippen LogP contribution is -2.36. The molecule has 3 aliphatic carbocycles. The van der Waals surface area contributed by atoms with Crippen molar-refractivity contribution in [3.8, 4) is 0 Å². The predicted octanol–water partition coefficient (Wildman–Crippen LogP) is 2.30.